The molecule has 17 heavy (non-hydrogen) atoms. The summed E-state index contributed by atoms with van der Waals surface area (Å²) in [6, 6.07) is 8.51. The third kappa shape index (κ3) is 1.82. The first kappa shape index (κ1) is 10.4. The Morgan fingerprint density at radius 3 is 2.88 bits per heavy atom. The Labute approximate surface area is 101 Å². The van der Waals surface area contributed by atoms with E-state index in [4.69, 9.17) is 0 Å². The smallest absolute Gasteiger partial charge is 0.0714 e. The highest BCUT2D eigenvalue weighted by molar-refractivity contribution is 5.68. The fourth-order valence-electron chi connectivity index (χ4n) is 2.32. The predicted octanol–water partition coefficient (Wildman–Crippen LogP) is 3.01. The summed E-state index contributed by atoms with van der Waals surface area (Å²) in [7, 11) is 3.97. The summed E-state index contributed by atoms with van der Waals surface area (Å²) in [5, 5.41) is 7.59. The molecule has 88 valence electrons. The molecule has 0 atom stereocenters. The van der Waals surface area contributed by atoms with E-state index in [0.29, 0.717) is 0 Å². The van der Waals surface area contributed by atoms with Crippen molar-refractivity contribution in [1.29, 1.82) is 0 Å². The van der Waals surface area contributed by atoms with Crippen LogP contribution in [-0.2, 0) is 7.05 Å². The standard InChI is InChI=1S/C14H17N3/c1-15-12-5-3-4-11(8-12)14-13(10-6-7-10)9-16-17(14)2/h3-5,8-10,15H,6-7H2,1-2H3. The number of nitrogens with one attached hydrogen (secondary N) is 1. The molecule has 1 aliphatic rings. The van der Waals surface area contributed by atoms with Crippen molar-refractivity contribution in [2.45, 2.75) is 18.8 Å². The molecule has 3 rings (SSSR count). The molecule has 1 aliphatic carbocycles. The Morgan fingerprint density at radius 2 is 2.18 bits per heavy atom. The number of hydrogen-bond donors (Lipinski definition) is 1. The van der Waals surface area contributed by atoms with Crippen LogP contribution < -0.4 is 5.32 Å². The Morgan fingerprint density at radius 1 is 1.35 bits per heavy atom. The molecule has 0 aliphatic heterocycles. The Bertz CT molecular complexity index is 538. The second-order valence-corrected chi connectivity index (χ2v) is 4.68. The minimum Gasteiger partial charge on any atom is -0.388 e. The maximum atomic E-state index is 4.41. The lowest BCUT2D eigenvalue weighted by atomic mass is 10.0. The van der Waals surface area contributed by atoms with Gasteiger partial charge in [-0.2, -0.15) is 5.10 Å². The fraction of sp³-hybridized carbons (Fsp3) is 0.357. The summed E-state index contributed by atoms with van der Waals surface area (Å²) in [5.41, 5.74) is 5.06. The lowest BCUT2D eigenvalue weighted by molar-refractivity contribution is 0.775. The molecule has 1 aromatic carbocycles. The van der Waals surface area contributed by atoms with E-state index in [1.165, 1.54) is 29.7 Å². The van der Waals surface area contributed by atoms with E-state index in [9.17, 15) is 0 Å². The molecule has 0 saturated heterocycles. The van der Waals surface area contributed by atoms with Gasteiger partial charge >= 0.3 is 0 Å². The number of rotatable bonds is 3. The minimum atomic E-state index is 0.733. The van der Waals surface area contributed by atoms with Gasteiger partial charge in [0.25, 0.3) is 0 Å². The quantitative estimate of drug-likeness (QED) is 0.873. The Kier molecular flexibility index (Phi) is 2.39. The summed E-state index contributed by atoms with van der Waals surface area (Å²) >= 11 is 0. The first-order valence-electron chi connectivity index (χ1n) is 6.09. The monoisotopic (exact) mass is 227 g/mol. The number of benzene rings is 1. The van der Waals surface area contributed by atoms with Gasteiger partial charge in [0.1, 0.15) is 0 Å². The van der Waals surface area contributed by atoms with Crippen LogP contribution in [0.3, 0.4) is 0 Å². The summed E-state index contributed by atoms with van der Waals surface area (Å²) < 4.78 is 1.99. The topological polar surface area (TPSA) is 29.9 Å². The van der Waals surface area contributed by atoms with Gasteiger partial charge in [-0.3, -0.25) is 4.68 Å². The highest BCUT2D eigenvalue weighted by Crippen LogP contribution is 2.44. The van der Waals surface area contributed by atoms with E-state index in [2.05, 4.69) is 34.7 Å². The van der Waals surface area contributed by atoms with Gasteiger partial charge in [-0.05, 0) is 30.9 Å². The van der Waals surface area contributed by atoms with E-state index in [0.717, 1.165) is 11.6 Å². The predicted molar refractivity (Wildman–Crippen MR) is 70.2 cm³/mol. The second-order valence-electron chi connectivity index (χ2n) is 4.68. The molecule has 3 heteroatoms. The summed E-state index contributed by atoms with van der Waals surface area (Å²) in [4.78, 5) is 0. The Hall–Kier alpha value is -1.77. The molecule has 1 fully saturated rings. The highest BCUT2D eigenvalue weighted by Gasteiger charge is 2.28. The van der Waals surface area contributed by atoms with Crippen molar-refractivity contribution in [3.05, 3.63) is 36.0 Å². The fourth-order valence-corrected chi connectivity index (χ4v) is 2.32. The van der Waals surface area contributed by atoms with Gasteiger partial charge in [0, 0.05) is 30.9 Å². The Balaban J connectivity index is 2.10. The normalized spacial score (nSPS) is 14.9. The molecule has 1 heterocycles. The van der Waals surface area contributed by atoms with Crippen LogP contribution in [0, 0.1) is 0 Å². The third-order valence-electron chi connectivity index (χ3n) is 3.41. The molecule has 0 spiro atoms. The van der Waals surface area contributed by atoms with Crippen LogP contribution in [0.1, 0.15) is 24.3 Å². The van der Waals surface area contributed by atoms with Crippen molar-refractivity contribution in [2.24, 2.45) is 7.05 Å². The van der Waals surface area contributed by atoms with Crippen LogP contribution in [0.15, 0.2) is 30.5 Å². The number of aromatic nitrogens is 2. The molecule has 0 bridgehead atoms. The average Bonchev–Trinajstić information content (AvgIpc) is 3.13. The van der Waals surface area contributed by atoms with E-state index in [-0.39, 0.29) is 0 Å². The maximum absolute atomic E-state index is 4.41. The SMILES string of the molecule is CNc1cccc(-c2c(C3CC3)cnn2C)c1. The third-order valence-corrected chi connectivity index (χ3v) is 3.41. The molecule has 0 unspecified atom stereocenters. The van der Waals surface area contributed by atoms with E-state index in [1.807, 2.05) is 25.0 Å². The number of anilines is 1. The van der Waals surface area contributed by atoms with Crippen LogP contribution in [0.25, 0.3) is 11.3 Å². The molecule has 2 aromatic rings. The highest BCUT2D eigenvalue weighted by atomic mass is 15.3. The van der Waals surface area contributed by atoms with E-state index >= 15 is 0 Å². The summed E-state index contributed by atoms with van der Waals surface area (Å²) in [6.45, 7) is 0. The van der Waals surface area contributed by atoms with Gasteiger partial charge in [-0.1, -0.05) is 12.1 Å². The van der Waals surface area contributed by atoms with Crippen LogP contribution in [0.2, 0.25) is 0 Å². The largest absolute Gasteiger partial charge is 0.388 e. The van der Waals surface area contributed by atoms with Crippen molar-refractivity contribution < 1.29 is 0 Å². The molecule has 3 nitrogen and oxygen atoms in total. The van der Waals surface area contributed by atoms with Gasteiger partial charge in [-0.15, -0.1) is 0 Å². The van der Waals surface area contributed by atoms with Crippen LogP contribution in [-0.4, -0.2) is 16.8 Å². The van der Waals surface area contributed by atoms with Gasteiger partial charge in [0.05, 0.1) is 11.9 Å². The minimum absolute atomic E-state index is 0.733. The van der Waals surface area contributed by atoms with Gasteiger partial charge in [0.2, 0.25) is 0 Å². The zero-order valence-corrected chi connectivity index (χ0v) is 10.3. The number of nitrogens with zero attached hydrogens (tertiary/aromatic N) is 2. The molecule has 1 aromatic heterocycles. The molecule has 0 radical (unpaired) electrons. The first-order valence-corrected chi connectivity index (χ1v) is 6.09. The molecule has 1 N–H and O–H groups in total. The van der Waals surface area contributed by atoms with Crippen molar-refractivity contribution >= 4 is 5.69 Å². The van der Waals surface area contributed by atoms with E-state index < -0.39 is 0 Å². The van der Waals surface area contributed by atoms with Gasteiger partial charge in [-0.25, -0.2) is 0 Å². The zero-order chi connectivity index (χ0) is 11.8. The van der Waals surface area contributed by atoms with Crippen LogP contribution in [0.4, 0.5) is 5.69 Å². The maximum Gasteiger partial charge on any atom is 0.0714 e. The summed E-state index contributed by atoms with van der Waals surface area (Å²) in [5.74, 6) is 0.733. The first-order chi connectivity index (χ1) is 8.29. The molecule has 0 amide bonds. The zero-order valence-electron chi connectivity index (χ0n) is 10.3. The average molecular weight is 227 g/mol. The summed E-state index contributed by atoms with van der Waals surface area (Å²) in [6.07, 6.45) is 4.65. The van der Waals surface area contributed by atoms with Crippen LogP contribution in [0.5, 0.6) is 0 Å². The number of hydrogen-bond acceptors (Lipinski definition) is 2. The second kappa shape index (κ2) is 3.91. The molecular formula is C14H17N3. The van der Waals surface area contributed by atoms with Crippen molar-refractivity contribution in [3.8, 4) is 11.3 Å². The van der Waals surface area contributed by atoms with Gasteiger partial charge < -0.3 is 5.32 Å². The lowest BCUT2D eigenvalue weighted by Crippen LogP contribution is -1.96. The van der Waals surface area contributed by atoms with Crippen LogP contribution >= 0.6 is 0 Å². The number of aryl methyl sites for hydroxylation is 1. The van der Waals surface area contributed by atoms with Crippen molar-refractivity contribution in [2.75, 3.05) is 12.4 Å². The lowest BCUT2D eigenvalue weighted by Gasteiger charge is -2.08. The molecule has 1 saturated carbocycles. The van der Waals surface area contributed by atoms with Crippen molar-refractivity contribution in [1.82, 2.24) is 9.78 Å². The van der Waals surface area contributed by atoms with Crippen molar-refractivity contribution in [3.63, 3.8) is 0 Å². The molecular weight excluding hydrogens is 210 g/mol. The van der Waals surface area contributed by atoms with E-state index in [1.54, 1.807) is 0 Å². The van der Waals surface area contributed by atoms with Gasteiger partial charge in [0.15, 0.2) is 0 Å².